The zero-order chi connectivity index (χ0) is 19.1. The number of para-hydroxylation sites is 1. The summed E-state index contributed by atoms with van der Waals surface area (Å²) in [5.41, 5.74) is 5.70. The van der Waals surface area contributed by atoms with Crippen molar-refractivity contribution in [1.29, 1.82) is 0 Å². The number of carbonyl (C=O) groups is 1. The normalized spacial score (nSPS) is 15.9. The monoisotopic (exact) mass is 366 g/mol. The molecule has 0 aliphatic carbocycles. The van der Waals surface area contributed by atoms with Crippen LogP contribution in [0, 0.1) is 6.92 Å². The van der Waals surface area contributed by atoms with Crippen molar-refractivity contribution in [3.63, 3.8) is 0 Å². The SMILES string of the molecule is Cc1ccc(CN2CCN(CC(=O)N/N=C\c3ccccc3O)CC2)cc1. The lowest BCUT2D eigenvalue weighted by Crippen LogP contribution is -2.48. The third kappa shape index (κ3) is 5.91. The maximum Gasteiger partial charge on any atom is 0.254 e. The topological polar surface area (TPSA) is 68.2 Å². The van der Waals surface area contributed by atoms with Gasteiger partial charge in [-0.1, -0.05) is 42.0 Å². The quantitative estimate of drug-likeness (QED) is 0.606. The molecule has 2 N–H and O–H groups in total. The van der Waals surface area contributed by atoms with Gasteiger partial charge in [0.2, 0.25) is 0 Å². The van der Waals surface area contributed by atoms with Crippen LogP contribution in [0.1, 0.15) is 16.7 Å². The number of hydrogen-bond acceptors (Lipinski definition) is 5. The third-order valence-electron chi connectivity index (χ3n) is 4.69. The molecule has 1 fully saturated rings. The number of benzene rings is 2. The van der Waals surface area contributed by atoms with Gasteiger partial charge in [0.25, 0.3) is 5.91 Å². The minimum atomic E-state index is -0.145. The highest BCUT2D eigenvalue weighted by atomic mass is 16.3. The summed E-state index contributed by atoms with van der Waals surface area (Å²) >= 11 is 0. The Morgan fingerprint density at radius 2 is 1.74 bits per heavy atom. The van der Waals surface area contributed by atoms with E-state index < -0.39 is 0 Å². The van der Waals surface area contributed by atoms with Crippen LogP contribution in [-0.2, 0) is 11.3 Å². The minimum Gasteiger partial charge on any atom is -0.507 e. The van der Waals surface area contributed by atoms with Crippen molar-refractivity contribution in [1.82, 2.24) is 15.2 Å². The number of phenolic OH excluding ortho intramolecular Hbond substituents is 1. The number of hydrazone groups is 1. The van der Waals surface area contributed by atoms with Crippen LogP contribution in [-0.4, -0.2) is 59.8 Å². The molecule has 1 saturated heterocycles. The number of hydrogen-bond donors (Lipinski definition) is 2. The largest absolute Gasteiger partial charge is 0.507 e. The average molecular weight is 366 g/mol. The molecule has 6 nitrogen and oxygen atoms in total. The van der Waals surface area contributed by atoms with Gasteiger partial charge in [-0.2, -0.15) is 5.10 Å². The fourth-order valence-electron chi connectivity index (χ4n) is 3.07. The van der Waals surface area contributed by atoms with Crippen molar-refractivity contribution in [2.24, 2.45) is 5.10 Å². The van der Waals surface area contributed by atoms with E-state index in [0.717, 1.165) is 32.7 Å². The van der Waals surface area contributed by atoms with Crippen LogP contribution in [0.3, 0.4) is 0 Å². The predicted molar refractivity (Wildman–Crippen MR) is 107 cm³/mol. The van der Waals surface area contributed by atoms with Gasteiger partial charge in [-0.15, -0.1) is 0 Å². The second-order valence-electron chi connectivity index (χ2n) is 6.89. The molecule has 142 valence electrons. The highest BCUT2D eigenvalue weighted by molar-refractivity contribution is 5.85. The van der Waals surface area contributed by atoms with E-state index in [-0.39, 0.29) is 11.7 Å². The zero-order valence-corrected chi connectivity index (χ0v) is 15.6. The number of nitrogens with one attached hydrogen (secondary N) is 1. The lowest BCUT2D eigenvalue weighted by Gasteiger charge is -2.34. The third-order valence-corrected chi connectivity index (χ3v) is 4.69. The van der Waals surface area contributed by atoms with Crippen LogP contribution >= 0.6 is 0 Å². The molecule has 0 bridgehead atoms. The van der Waals surface area contributed by atoms with Gasteiger partial charge in [-0.05, 0) is 24.6 Å². The number of phenols is 1. The molecule has 1 aliphatic heterocycles. The Hall–Kier alpha value is -2.70. The first-order chi connectivity index (χ1) is 13.1. The molecule has 0 atom stereocenters. The molecule has 1 heterocycles. The van der Waals surface area contributed by atoms with Crippen molar-refractivity contribution in [3.8, 4) is 5.75 Å². The van der Waals surface area contributed by atoms with E-state index in [1.54, 1.807) is 24.3 Å². The van der Waals surface area contributed by atoms with Crippen molar-refractivity contribution < 1.29 is 9.90 Å². The van der Waals surface area contributed by atoms with E-state index >= 15 is 0 Å². The number of aromatic hydroxyl groups is 1. The lowest BCUT2D eigenvalue weighted by molar-refractivity contribution is -0.122. The molecule has 2 aromatic rings. The molecule has 0 unspecified atom stereocenters. The minimum absolute atomic E-state index is 0.139. The molecular formula is C21H26N4O2. The van der Waals surface area contributed by atoms with E-state index in [0.29, 0.717) is 12.1 Å². The summed E-state index contributed by atoms with van der Waals surface area (Å²) in [4.78, 5) is 16.6. The summed E-state index contributed by atoms with van der Waals surface area (Å²) in [7, 11) is 0. The highest BCUT2D eigenvalue weighted by Gasteiger charge is 2.18. The van der Waals surface area contributed by atoms with E-state index in [4.69, 9.17) is 0 Å². The fourth-order valence-corrected chi connectivity index (χ4v) is 3.07. The Balaban J connectivity index is 1.39. The van der Waals surface area contributed by atoms with Crippen LogP contribution in [0.5, 0.6) is 5.75 Å². The number of piperazine rings is 1. The maximum absolute atomic E-state index is 12.0. The van der Waals surface area contributed by atoms with Crippen molar-refractivity contribution >= 4 is 12.1 Å². The molecule has 0 radical (unpaired) electrons. The number of carbonyl (C=O) groups excluding carboxylic acids is 1. The van der Waals surface area contributed by atoms with Crippen LogP contribution < -0.4 is 5.43 Å². The van der Waals surface area contributed by atoms with Crippen molar-refractivity contribution in [3.05, 3.63) is 65.2 Å². The van der Waals surface area contributed by atoms with Gasteiger partial charge in [-0.3, -0.25) is 14.6 Å². The highest BCUT2D eigenvalue weighted by Crippen LogP contribution is 2.12. The molecule has 1 amide bonds. The summed E-state index contributed by atoms with van der Waals surface area (Å²) in [6.45, 7) is 7.00. The standard InChI is InChI=1S/C21H26N4O2/c1-17-6-8-18(9-7-17)15-24-10-12-25(13-11-24)16-21(27)23-22-14-19-4-2-3-5-20(19)26/h2-9,14,26H,10-13,15-16H2,1H3,(H,23,27)/b22-14-. The average Bonchev–Trinajstić information content (AvgIpc) is 2.67. The van der Waals surface area contributed by atoms with E-state index in [2.05, 4.69) is 51.5 Å². The molecule has 3 rings (SSSR count). The summed E-state index contributed by atoms with van der Waals surface area (Å²) in [6.07, 6.45) is 1.45. The number of aryl methyl sites for hydroxylation is 1. The Kier molecular flexibility index (Phi) is 6.57. The van der Waals surface area contributed by atoms with E-state index in [9.17, 15) is 9.90 Å². The molecule has 1 aliphatic rings. The first-order valence-corrected chi connectivity index (χ1v) is 9.20. The van der Waals surface area contributed by atoms with E-state index in [1.807, 2.05) is 0 Å². The van der Waals surface area contributed by atoms with Gasteiger partial charge in [0.05, 0.1) is 12.8 Å². The Bertz CT molecular complexity index is 781. The lowest BCUT2D eigenvalue weighted by atomic mass is 10.1. The Morgan fingerprint density at radius 1 is 1.07 bits per heavy atom. The van der Waals surface area contributed by atoms with Gasteiger partial charge >= 0.3 is 0 Å². The molecular weight excluding hydrogens is 340 g/mol. The number of rotatable bonds is 6. The van der Waals surface area contributed by atoms with Crippen LogP contribution in [0.2, 0.25) is 0 Å². The smallest absolute Gasteiger partial charge is 0.254 e. The van der Waals surface area contributed by atoms with Crippen LogP contribution in [0.25, 0.3) is 0 Å². The van der Waals surface area contributed by atoms with Crippen LogP contribution in [0.15, 0.2) is 53.6 Å². The van der Waals surface area contributed by atoms with Crippen molar-refractivity contribution in [2.45, 2.75) is 13.5 Å². The van der Waals surface area contributed by atoms with Crippen LogP contribution in [0.4, 0.5) is 0 Å². The van der Waals surface area contributed by atoms with Gasteiger partial charge in [0.1, 0.15) is 5.75 Å². The zero-order valence-electron chi connectivity index (χ0n) is 15.6. The first kappa shape index (κ1) is 19.1. The summed E-state index contributed by atoms with van der Waals surface area (Å²) < 4.78 is 0. The second-order valence-corrected chi connectivity index (χ2v) is 6.89. The molecule has 27 heavy (non-hydrogen) atoms. The molecule has 2 aromatic carbocycles. The van der Waals surface area contributed by atoms with Gasteiger partial charge < -0.3 is 5.11 Å². The fraction of sp³-hybridized carbons (Fsp3) is 0.333. The Morgan fingerprint density at radius 3 is 2.44 bits per heavy atom. The van der Waals surface area contributed by atoms with Gasteiger partial charge in [0.15, 0.2) is 0 Å². The second kappa shape index (κ2) is 9.30. The molecule has 0 saturated carbocycles. The predicted octanol–water partition coefficient (Wildman–Crippen LogP) is 1.97. The molecule has 6 heteroatoms. The van der Waals surface area contributed by atoms with Gasteiger partial charge in [-0.25, -0.2) is 5.43 Å². The molecule has 0 aromatic heterocycles. The number of nitrogens with zero attached hydrogens (tertiary/aromatic N) is 3. The summed E-state index contributed by atoms with van der Waals surface area (Å²) in [5, 5.41) is 13.6. The molecule has 0 spiro atoms. The maximum atomic E-state index is 12.0. The van der Waals surface area contributed by atoms with Gasteiger partial charge in [0, 0.05) is 38.3 Å². The summed E-state index contributed by atoms with van der Waals surface area (Å²) in [5.74, 6) is -0.00569. The summed E-state index contributed by atoms with van der Waals surface area (Å²) in [6, 6.07) is 15.5. The van der Waals surface area contributed by atoms with E-state index in [1.165, 1.54) is 17.3 Å². The Labute approximate surface area is 160 Å². The van der Waals surface area contributed by atoms with Crippen molar-refractivity contribution in [2.75, 3.05) is 32.7 Å². The first-order valence-electron chi connectivity index (χ1n) is 9.20. The number of amides is 1.